The van der Waals surface area contributed by atoms with Gasteiger partial charge in [0.15, 0.2) is 0 Å². The van der Waals surface area contributed by atoms with E-state index < -0.39 is 0 Å². The number of carbonyl (C=O) groups excluding carboxylic acids is 1. The van der Waals surface area contributed by atoms with Crippen LogP contribution in [0.25, 0.3) is 0 Å². The minimum atomic E-state index is -0.185. The molecule has 1 aliphatic heterocycles. The highest BCUT2D eigenvalue weighted by Gasteiger charge is 2.18. The third-order valence-electron chi connectivity index (χ3n) is 4.45. The predicted molar refractivity (Wildman–Crippen MR) is 99.3 cm³/mol. The lowest BCUT2D eigenvalue weighted by molar-refractivity contribution is 0.0853. The van der Waals surface area contributed by atoms with Crippen LogP contribution < -0.4 is 10.2 Å². The lowest BCUT2D eigenvalue weighted by Gasteiger charge is -2.19. The number of carbonyl (C=O) groups is 1. The van der Waals surface area contributed by atoms with Crippen LogP contribution in [0.2, 0.25) is 0 Å². The molecule has 0 saturated carbocycles. The number of anilines is 1. The Morgan fingerprint density at radius 2 is 2.15 bits per heavy atom. The van der Waals surface area contributed by atoms with E-state index >= 15 is 0 Å². The second-order valence-corrected chi connectivity index (χ2v) is 6.53. The maximum Gasteiger partial charge on any atom is 0.270 e. The Bertz CT molecular complexity index is 732. The van der Waals surface area contributed by atoms with Crippen LogP contribution in [-0.2, 0) is 11.2 Å². The second kappa shape index (κ2) is 8.71. The van der Waals surface area contributed by atoms with Gasteiger partial charge in [0.25, 0.3) is 5.91 Å². The largest absolute Gasteiger partial charge is 0.376 e. The van der Waals surface area contributed by atoms with Crippen molar-refractivity contribution in [3.8, 4) is 0 Å². The summed E-state index contributed by atoms with van der Waals surface area (Å²) in [6.07, 6.45) is 6.62. The average Bonchev–Trinajstić information content (AvgIpc) is 3.18. The maximum atomic E-state index is 12.4. The van der Waals surface area contributed by atoms with E-state index in [0.717, 1.165) is 38.2 Å². The zero-order valence-corrected chi connectivity index (χ0v) is 15.3. The molecule has 0 aliphatic carbocycles. The number of aryl methyl sites for hydroxylation is 1. The molecule has 0 bridgehead atoms. The first-order valence-electron chi connectivity index (χ1n) is 8.97. The van der Waals surface area contributed by atoms with Crippen molar-refractivity contribution in [2.45, 2.75) is 32.3 Å². The topological polar surface area (TPSA) is 80.2 Å². The first-order chi connectivity index (χ1) is 12.6. The Labute approximate surface area is 153 Å². The molecule has 1 amide bonds. The summed E-state index contributed by atoms with van der Waals surface area (Å²) in [6.45, 7) is 3.89. The number of likely N-dealkylation sites (N-methyl/N-ethyl adjacent to an activating group) is 1. The molecule has 7 nitrogen and oxygen atoms in total. The Morgan fingerprint density at radius 1 is 1.35 bits per heavy atom. The Balaban J connectivity index is 1.61. The van der Waals surface area contributed by atoms with Crippen LogP contribution in [-0.4, -0.2) is 53.7 Å². The van der Waals surface area contributed by atoms with Crippen molar-refractivity contribution in [2.24, 2.45) is 0 Å². The smallest absolute Gasteiger partial charge is 0.270 e. The molecule has 2 aromatic heterocycles. The number of ether oxygens (including phenoxy) is 1. The maximum absolute atomic E-state index is 12.4. The molecule has 7 heteroatoms. The van der Waals surface area contributed by atoms with Crippen molar-refractivity contribution in [1.29, 1.82) is 0 Å². The van der Waals surface area contributed by atoms with Gasteiger partial charge < -0.3 is 15.0 Å². The first kappa shape index (κ1) is 18.3. The highest BCUT2D eigenvalue weighted by atomic mass is 16.5. The molecule has 1 atom stereocenters. The highest BCUT2D eigenvalue weighted by molar-refractivity contribution is 5.93. The lowest BCUT2D eigenvalue weighted by atomic mass is 10.2. The van der Waals surface area contributed by atoms with Gasteiger partial charge in [0.1, 0.15) is 17.3 Å². The van der Waals surface area contributed by atoms with Crippen molar-refractivity contribution < 1.29 is 9.53 Å². The fraction of sp³-hybridized carbons (Fsp3) is 0.474. The van der Waals surface area contributed by atoms with E-state index in [0.29, 0.717) is 18.1 Å². The van der Waals surface area contributed by atoms with Gasteiger partial charge in [-0.25, -0.2) is 9.97 Å². The van der Waals surface area contributed by atoms with Crippen LogP contribution in [0, 0.1) is 6.92 Å². The number of amides is 1. The molecule has 0 radical (unpaired) electrons. The van der Waals surface area contributed by atoms with Gasteiger partial charge in [0.2, 0.25) is 0 Å². The van der Waals surface area contributed by atoms with Crippen molar-refractivity contribution >= 4 is 11.7 Å². The third kappa shape index (κ3) is 4.98. The molecule has 138 valence electrons. The van der Waals surface area contributed by atoms with Gasteiger partial charge >= 0.3 is 0 Å². The molecule has 3 rings (SSSR count). The summed E-state index contributed by atoms with van der Waals surface area (Å²) < 4.78 is 5.54. The molecule has 1 aliphatic rings. The van der Waals surface area contributed by atoms with E-state index in [9.17, 15) is 4.79 Å². The summed E-state index contributed by atoms with van der Waals surface area (Å²) in [4.78, 5) is 27.2. The summed E-state index contributed by atoms with van der Waals surface area (Å²) in [5.41, 5.74) is 1.61. The van der Waals surface area contributed by atoms with Gasteiger partial charge in [0.05, 0.1) is 6.10 Å². The van der Waals surface area contributed by atoms with Crippen molar-refractivity contribution in [3.63, 3.8) is 0 Å². The Kier molecular flexibility index (Phi) is 6.12. The molecule has 1 unspecified atom stereocenters. The molecule has 1 fully saturated rings. The Hall–Kier alpha value is -2.54. The number of rotatable bonds is 7. The van der Waals surface area contributed by atoms with Gasteiger partial charge in [-0.3, -0.25) is 9.78 Å². The zero-order valence-electron chi connectivity index (χ0n) is 15.3. The second-order valence-electron chi connectivity index (χ2n) is 6.53. The van der Waals surface area contributed by atoms with E-state index in [-0.39, 0.29) is 12.0 Å². The summed E-state index contributed by atoms with van der Waals surface area (Å²) in [6, 6.07) is 5.75. The van der Waals surface area contributed by atoms with Gasteiger partial charge in [-0.05, 0) is 43.9 Å². The number of nitrogens with zero attached hydrogens (tertiary/aromatic N) is 4. The fourth-order valence-corrected chi connectivity index (χ4v) is 2.93. The van der Waals surface area contributed by atoms with E-state index in [4.69, 9.17) is 4.74 Å². The van der Waals surface area contributed by atoms with Gasteiger partial charge in [-0.1, -0.05) is 0 Å². The van der Waals surface area contributed by atoms with Gasteiger partial charge in [-0.15, -0.1) is 0 Å². The summed E-state index contributed by atoms with van der Waals surface area (Å²) in [7, 11) is 1.97. The molecule has 2 aromatic rings. The fourth-order valence-electron chi connectivity index (χ4n) is 2.93. The van der Waals surface area contributed by atoms with Crippen LogP contribution in [0.3, 0.4) is 0 Å². The molecular weight excluding hydrogens is 330 g/mol. The van der Waals surface area contributed by atoms with Crippen LogP contribution in [0.1, 0.15) is 34.7 Å². The van der Waals surface area contributed by atoms with E-state index in [1.54, 1.807) is 25.4 Å². The quantitative estimate of drug-likeness (QED) is 0.815. The number of hydrogen-bond donors (Lipinski definition) is 1. The van der Waals surface area contributed by atoms with Crippen LogP contribution in [0.15, 0.2) is 30.6 Å². The standard InChI is InChI=1S/C19H25N5O2/c1-14-22-17(19(25)21-13-16-4-3-11-26-16)12-18(23-14)24(2)10-7-15-5-8-20-9-6-15/h5-6,8-9,12,16H,3-4,7,10-11,13H2,1-2H3,(H,21,25). The number of nitrogens with one attached hydrogen (secondary N) is 1. The summed E-state index contributed by atoms with van der Waals surface area (Å²) in [5, 5.41) is 2.91. The molecule has 1 saturated heterocycles. The molecule has 3 heterocycles. The monoisotopic (exact) mass is 355 g/mol. The van der Waals surface area contributed by atoms with Crippen LogP contribution >= 0.6 is 0 Å². The molecule has 1 N–H and O–H groups in total. The normalized spacial score (nSPS) is 16.5. The Morgan fingerprint density at radius 3 is 2.88 bits per heavy atom. The number of pyridine rings is 1. The number of hydrogen-bond acceptors (Lipinski definition) is 6. The molecule has 26 heavy (non-hydrogen) atoms. The van der Waals surface area contributed by atoms with Crippen molar-refractivity contribution in [2.75, 3.05) is 31.6 Å². The SMILES string of the molecule is Cc1nc(C(=O)NCC2CCCO2)cc(N(C)CCc2ccncc2)n1. The lowest BCUT2D eigenvalue weighted by Crippen LogP contribution is -2.32. The van der Waals surface area contributed by atoms with Gasteiger partial charge in [-0.2, -0.15) is 0 Å². The minimum Gasteiger partial charge on any atom is -0.376 e. The van der Waals surface area contributed by atoms with E-state index in [1.165, 1.54) is 5.56 Å². The average molecular weight is 355 g/mol. The van der Waals surface area contributed by atoms with Gasteiger partial charge in [0, 0.05) is 45.2 Å². The third-order valence-corrected chi connectivity index (χ3v) is 4.45. The van der Waals surface area contributed by atoms with E-state index in [1.807, 2.05) is 24.1 Å². The molecule has 0 spiro atoms. The molecular formula is C19H25N5O2. The molecule has 0 aromatic carbocycles. The minimum absolute atomic E-state index is 0.115. The van der Waals surface area contributed by atoms with Crippen LogP contribution in [0.4, 0.5) is 5.82 Å². The number of aromatic nitrogens is 3. The van der Waals surface area contributed by atoms with E-state index in [2.05, 4.69) is 20.3 Å². The zero-order chi connectivity index (χ0) is 18.4. The summed E-state index contributed by atoms with van der Waals surface area (Å²) >= 11 is 0. The first-order valence-corrected chi connectivity index (χ1v) is 8.97. The predicted octanol–water partition coefficient (Wildman–Crippen LogP) is 1.77. The van der Waals surface area contributed by atoms with Crippen molar-refractivity contribution in [3.05, 3.63) is 47.7 Å². The summed E-state index contributed by atoms with van der Waals surface area (Å²) in [5.74, 6) is 1.14. The van der Waals surface area contributed by atoms with Crippen LogP contribution in [0.5, 0.6) is 0 Å². The van der Waals surface area contributed by atoms with Crippen molar-refractivity contribution in [1.82, 2.24) is 20.3 Å². The highest BCUT2D eigenvalue weighted by Crippen LogP contribution is 2.14.